The Bertz CT molecular complexity index is 368. The first-order chi connectivity index (χ1) is 8.58. The molecule has 0 aromatic heterocycles. The average Bonchev–Trinajstić information content (AvgIpc) is 2.94. The van der Waals surface area contributed by atoms with Gasteiger partial charge in [0.1, 0.15) is 6.61 Å². The normalized spacial score (nSPS) is 33.1. The SMILES string of the molecule is C=CCOC(=O)NCC1(C(=O)O)CC2CCC1C2. The summed E-state index contributed by atoms with van der Waals surface area (Å²) in [5.74, 6) is -0.0875. The second-order valence-electron chi connectivity index (χ2n) is 5.28. The molecule has 5 heteroatoms. The molecule has 2 fully saturated rings. The third-order valence-electron chi connectivity index (χ3n) is 4.28. The van der Waals surface area contributed by atoms with Crippen LogP contribution in [0.15, 0.2) is 12.7 Å². The van der Waals surface area contributed by atoms with Gasteiger partial charge in [-0.3, -0.25) is 4.79 Å². The number of nitrogens with one attached hydrogen (secondary N) is 1. The molecular weight excluding hydrogens is 234 g/mol. The van der Waals surface area contributed by atoms with Gasteiger partial charge >= 0.3 is 12.1 Å². The average molecular weight is 253 g/mol. The molecule has 2 rings (SSSR count). The van der Waals surface area contributed by atoms with Crippen LogP contribution in [0.25, 0.3) is 0 Å². The van der Waals surface area contributed by atoms with E-state index in [2.05, 4.69) is 11.9 Å². The topological polar surface area (TPSA) is 75.6 Å². The number of carboxylic acids is 1. The molecule has 3 atom stereocenters. The fraction of sp³-hybridized carbons (Fsp3) is 0.692. The van der Waals surface area contributed by atoms with E-state index >= 15 is 0 Å². The van der Waals surface area contributed by atoms with Crippen LogP contribution in [0.3, 0.4) is 0 Å². The number of carbonyl (C=O) groups excluding carboxylic acids is 1. The summed E-state index contributed by atoms with van der Waals surface area (Å²) in [6.07, 6.45) is 4.65. The molecule has 0 aromatic carbocycles. The molecule has 2 aliphatic rings. The predicted octanol–water partition coefficient (Wildman–Crippen LogP) is 1.79. The predicted molar refractivity (Wildman–Crippen MR) is 65.1 cm³/mol. The van der Waals surface area contributed by atoms with Crippen molar-refractivity contribution >= 4 is 12.1 Å². The van der Waals surface area contributed by atoms with E-state index in [1.165, 1.54) is 6.08 Å². The maximum atomic E-state index is 11.5. The maximum absolute atomic E-state index is 11.5. The lowest BCUT2D eigenvalue weighted by molar-refractivity contribution is -0.152. The van der Waals surface area contributed by atoms with Crippen LogP contribution in [0.4, 0.5) is 4.79 Å². The molecule has 0 aliphatic heterocycles. The van der Waals surface area contributed by atoms with Gasteiger partial charge in [-0.1, -0.05) is 19.1 Å². The summed E-state index contributed by atoms with van der Waals surface area (Å²) in [7, 11) is 0. The van der Waals surface area contributed by atoms with Gasteiger partial charge in [0.25, 0.3) is 0 Å². The highest BCUT2D eigenvalue weighted by molar-refractivity contribution is 5.77. The van der Waals surface area contributed by atoms with Crippen LogP contribution in [-0.4, -0.2) is 30.3 Å². The highest BCUT2D eigenvalue weighted by atomic mass is 16.5. The first kappa shape index (κ1) is 12.9. The van der Waals surface area contributed by atoms with Gasteiger partial charge in [-0.2, -0.15) is 0 Å². The van der Waals surface area contributed by atoms with Crippen molar-refractivity contribution in [3.05, 3.63) is 12.7 Å². The van der Waals surface area contributed by atoms with Crippen LogP contribution >= 0.6 is 0 Å². The summed E-state index contributed by atoms with van der Waals surface area (Å²) in [5, 5.41) is 12.0. The molecule has 3 unspecified atom stereocenters. The molecule has 2 bridgehead atoms. The van der Waals surface area contributed by atoms with Gasteiger partial charge in [0.05, 0.1) is 5.41 Å². The summed E-state index contributed by atoms with van der Waals surface area (Å²) in [6, 6.07) is 0. The minimum atomic E-state index is -0.793. The maximum Gasteiger partial charge on any atom is 0.407 e. The number of hydrogen-bond acceptors (Lipinski definition) is 3. The molecule has 2 N–H and O–H groups in total. The lowest BCUT2D eigenvalue weighted by Crippen LogP contribution is -2.46. The fourth-order valence-electron chi connectivity index (χ4n) is 3.41. The van der Waals surface area contributed by atoms with Crippen LogP contribution in [0.2, 0.25) is 0 Å². The van der Waals surface area contributed by atoms with Crippen LogP contribution < -0.4 is 5.32 Å². The monoisotopic (exact) mass is 253 g/mol. The summed E-state index contributed by atoms with van der Waals surface area (Å²) < 4.78 is 4.79. The lowest BCUT2D eigenvalue weighted by atomic mass is 9.73. The zero-order chi connectivity index (χ0) is 13.2. The summed E-state index contributed by atoms with van der Waals surface area (Å²) in [4.78, 5) is 22.9. The summed E-state index contributed by atoms with van der Waals surface area (Å²) in [5.41, 5.74) is -0.782. The number of carbonyl (C=O) groups is 2. The van der Waals surface area contributed by atoms with Crippen molar-refractivity contribution in [3.63, 3.8) is 0 Å². The van der Waals surface area contributed by atoms with Crippen molar-refractivity contribution in [2.45, 2.75) is 25.7 Å². The van der Waals surface area contributed by atoms with Crippen LogP contribution in [0, 0.1) is 17.3 Å². The molecule has 2 saturated carbocycles. The molecule has 100 valence electrons. The molecule has 2 aliphatic carbocycles. The summed E-state index contributed by atoms with van der Waals surface area (Å²) in [6.45, 7) is 3.75. The number of fused-ring (bicyclic) bond motifs is 2. The molecule has 0 radical (unpaired) electrons. The molecular formula is C13H19NO4. The van der Waals surface area contributed by atoms with E-state index in [4.69, 9.17) is 4.74 Å². The second-order valence-corrected chi connectivity index (χ2v) is 5.28. The number of ether oxygens (including phenoxy) is 1. The lowest BCUT2D eigenvalue weighted by Gasteiger charge is -2.33. The van der Waals surface area contributed by atoms with E-state index in [9.17, 15) is 14.7 Å². The Hall–Kier alpha value is -1.52. The van der Waals surface area contributed by atoms with Crippen molar-refractivity contribution in [2.24, 2.45) is 17.3 Å². The van der Waals surface area contributed by atoms with E-state index in [0.29, 0.717) is 12.3 Å². The number of aliphatic carboxylic acids is 1. The second kappa shape index (κ2) is 5.00. The van der Waals surface area contributed by atoms with Crippen molar-refractivity contribution in [1.29, 1.82) is 0 Å². The number of hydrogen-bond donors (Lipinski definition) is 2. The molecule has 5 nitrogen and oxygen atoms in total. The minimum absolute atomic E-state index is 0.137. The van der Waals surface area contributed by atoms with Gasteiger partial charge in [-0.15, -0.1) is 0 Å². The van der Waals surface area contributed by atoms with Gasteiger partial charge in [-0.25, -0.2) is 4.79 Å². The van der Waals surface area contributed by atoms with E-state index in [1.807, 2.05) is 0 Å². The van der Waals surface area contributed by atoms with Crippen LogP contribution in [-0.2, 0) is 9.53 Å². The highest BCUT2D eigenvalue weighted by Gasteiger charge is 2.55. The Morgan fingerprint density at radius 2 is 2.28 bits per heavy atom. The Balaban J connectivity index is 1.94. The summed E-state index contributed by atoms with van der Waals surface area (Å²) >= 11 is 0. The number of carboxylic acid groups (broad SMARTS) is 1. The van der Waals surface area contributed by atoms with Crippen LogP contribution in [0.1, 0.15) is 25.7 Å². The van der Waals surface area contributed by atoms with Gasteiger partial charge in [-0.05, 0) is 31.1 Å². The molecule has 0 spiro atoms. The Kier molecular flexibility index (Phi) is 3.59. The molecule has 1 amide bonds. The molecule has 18 heavy (non-hydrogen) atoms. The largest absolute Gasteiger partial charge is 0.481 e. The van der Waals surface area contributed by atoms with Crippen molar-refractivity contribution in [2.75, 3.05) is 13.2 Å². The molecule has 0 heterocycles. The van der Waals surface area contributed by atoms with Crippen LogP contribution in [0.5, 0.6) is 0 Å². The molecule has 0 aromatic rings. The smallest absolute Gasteiger partial charge is 0.407 e. The van der Waals surface area contributed by atoms with Crippen molar-refractivity contribution in [3.8, 4) is 0 Å². The van der Waals surface area contributed by atoms with Gasteiger partial charge < -0.3 is 15.2 Å². The zero-order valence-electron chi connectivity index (χ0n) is 10.4. The first-order valence-corrected chi connectivity index (χ1v) is 6.33. The number of alkyl carbamates (subject to hydrolysis) is 1. The van der Waals surface area contributed by atoms with E-state index in [1.54, 1.807) is 0 Å². The fourth-order valence-corrected chi connectivity index (χ4v) is 3.41. The van der Waals surface area contributed by atoms with Gasteiger partial charge in [0.15, 0.2) is 0 Å². The minimum Gasteiger partial charge on any atom is -0.481 e. The molecule has 0 saturated heterocycles. The number of rotatable bonds is 5. The van der Waals surface area contributed by atoms with Gasteiger partial charge in [0.2, 0.25) is 0 Å². The van der Waals surface area contributed by atoms with E-state index in [-0.39, 0.29) is 19.1 Å². The first-order valence-electron chi connectivity index (χ1n) is 6.33. The standard InChI is InChI=1S/C13H19NO4/c1-2-5-18-12(17)14-8-13(11(15)16)7-9-3-4-10(13)6-9/h2,9-10H,1,3-8H2,(H,14,17)(H,15,16). The Morgan fingerprint density at radius 1 is 1.50 bits per heavy atom. The Labute approximate surface area is 106 Å². The van der Waals surface area contributed by atoms with Crippen molar-refractivity contribution in [1.82, 2.24) is 5.32 Å². The van der Waals surface area contributed by atoms with Gasteiger partial charge in [0, 0.05) is 6.54 Å². The third kappa shape index (κ3) is 2.21. The van der Waals surface area contributed by atoms with E-state index in [0.717, 1.165) is 19.3 Å². The van der Waals surface area contributed by atoms with Crippen molar-refractivity contribution < 1.29 is 19.4 Å². The number of amides is 1. The Morgan fingerprint density at radius 3 is 2.78 bits per heavy atom. The van der Waals surface area contributed by atoms with E-state index < -0.39 is 17.5 Å². The third-order valence-corrected chi connectivity index (χ3v) is 4.28. The quantitative estimate of drug-likeness (QED) is 0.732. The highest BCUT2D eigenvalue weighted by Crippen LogP contribution is 2.55. The zero-order valence-corrected chi connectivity index (χ0v) is 10.4.